The Labute approximate surface area is 89.1 Å². The summed E-state index contributed by atoms with van der Waals surface area (Å²) < 4.78 is 0. The average molecular weight is 198 g/mol. The van der Waals surface area contributed by atoms with E-state index < -0.39 is 0 Å². The molecule has 1 aliphatic carbocycles. The van der Waals surface area contributed by atoms with Gasteiger partial charge in [-0.15, -0.1) is 0 Å². The second kappa shape index (κ2) is 6.41. The van der Waals surface area contributed by atoms with E-state index in [1.54, 1.807) is 0 Å². The lowest BCUT2D eigenvalue weighted by molar-refractivity contribution is 0.238. The van der Waals surface area contributed by atoms with Crippen molar-refractivity contribution in [2.24, 2.45) is 0 Å². The van der Waals surface area contributed by atoms with Gasteiger partial charge >= 0.3 is 0 Å². The second-order valence-corrected chi connectivity index (χ2v) is 4.75. The minimum atomic E-state index is 0.673. The second-order valence-electron chi connectivity index (χ2n) is 4.75. The number of nitrogens with one attached hydrogen (secondary N) is 1. The molecule has 2 nitrogen and oxygen atoms in total. The van der Waals surface area contributed by atoms with Crippen LogP contribution in [0.2, 0.25) is 0 Å². The van der Waals surface area contributed by atoms with E-state index in [9.17, 15) is 0 Å². The zero-order valence-electron chi connectivity index (χ0n) is 10.1. The highest BCUT2D eigenvalue weighted by Gasteiger charge is 2.18. The van der Waals surface area contributed by atoms with Crippen LogP contribution < -0.4 is 5.32 Å². The third kappa shape index (κ3) is 3.97. The highest BCUT2D eigenvalue weighted by molar-refractivity contribution is 4.75. The van der Waals surface area contributed by atoms with E-state index in [1.807, 2.05) is 7.05 Å². The van der Waals surface area contributed by atoms with Crippen LogP contribution in [0.4, 0.5) is 0 Å². The SMILES string of the molecule is CNC(C)CCCN(C)C1CCCC1. The summed E-state index contributed by atoms with van der Waals surface area (Å²) >= 11 is 0. The van der Waals surface area contributed by atoms with Gasteiger partial charge in [-0.1, -0.05) is 12.8 Å². The molecule has 1 N–H and O–H groups in total. The van der Waals surface area contributed by atoms with Gasteiger partial charge in [0.15, 0.2) is 0 Å². The molecule has 0 spiro atoms. The van der Waals surface area contributed by atoms with Crippen molar-refractivity contribution in [1.82, 2.24) is 10.2 Å². The van der Waals surface area contributed by atoms with Crippen LogP contribution >= 0.6 is 0 Å². The Morgan fingerprint density at radius 2 is 2.00 bits per heavy atom. The fraction of sp³-hybridized carbons (Fsp3) is 1.00. The largest absolute Gasteiger partial charge is 0.317 e. The van der Waals surface area contributed by atoms with Crippen LogP contribution in [0.5, 0.6) is 0 Å². The fourth-order valence-corrected chi connectivity index (χ4v) is 2.32. The molecule has 1 rings (SSSR count). The molecule has 2 heteroatoms. The summed E-state index contributed by atoms with van der Waals surface area (Å²) in [7, 11) is 4.34. The topological polar surface area (TPSA) is 15.3 Å². The van der Waals surface area contributed by atoms with Gasteiger partial charge in [0.05, 0.1) is 0 Å². The molecule has 1 aliphatic rings. The summed E-state index contributed by atoms with van der Waals surface area (Å²) in [6.45, 7) is 3.53. The van der Waals surface area contributed by atoms with Crippen LogP contribution in [-0.2, 0) is 0 Å². The van der Waals surface area contributed by atoms with Crippen LogP contribution in [0.25, 0.3) is 0 Å². The first-order valence-electron chi connectivity index (χ1n) is 6.11. The number of hydrogen-bond donors (Lipinski definition) is 1. The van der Waals surface area contributed by atoms with E-state index in [2.05, 4.69) is 24.2 Å². The van der Waals surface area contributed by atoms with Crippen molar-refractivity contribution in [3.63, 3.8) is 0 Å². The zero-order chi connectivity index (χ0) is 10.4. The third-order valence-corrected chi connectivity index (χ3v) is 3.59. The molecule has 0 bridgehead atoms. The molecule has 1 unspecified atom stereocenters. The Kier molecular flexibility index (Phi) is 5.49. The first-order chi connectivity index (χ1) is 6.74. The molecule has 0 aromatic carbocycles. The van der Waals surface area contributed by atoms with Gasteiger partial charge in [0, 0.05) is 12.1 Å². The van der Waals surface area contributed by atoms with E-state index in [0.29, 0.717) is 6.04 Å². The average Bonchev–Trinajstić information content (AvgIpc) is 2.70. The van der Waals surface area contributed by atoms with Crippen molar-refractivity contribution in [2.45, 2.75) is 57.5 Å². The Hall–Kier alpha value is -0.0800. The quantitative estimate of drug-likeness (QED) is 0.704. The molecular formula is C12H26N2. The lowest BCUT2D eigenvalue weighted by Crippen LogP contribution is -2.31. The minimum Gasteiger partial charge on any atom is -0.317 e. The predicted molar refractivity (Wildman–Crippen MR) is 62.6 cm³/mol. The van der Waals surface area contributed by atoms with Gasteiger partial charge in [-0.25, -0.2) is 0 Å². The van der Waals surface area contributed by atoms with Gasteiger partial charge in [-0.3, -0.25) is 0 Å². The van der Waals surface area contributed by atoms with Crippen LogP contribution in [-0.4, -0.2) is 37.6 Å². The highest BCUT2D eigenvalue weighted by atomic mass is 15.1. The first-order valence-corrected chi connectivity index (χ1v) is 6.11. The zero-order valence-corrected chi connectivity index (χ0v) is 10.1. The monoisotopic (exact) mass is 198 g/mol. The first kappa shape index (κ1) is 12.0. The number of nitrogens with zero attached hydrogens (tertiary/aromatic N) is 1. The summed E-state index contributed by atoms with van der Waals surface area (Å²) in [5.74, 6) is 0. The summed E-state index contributed by atoms with van der Waals surface area (Å²) in [6, 6.07) is 1.56. The van der Waals surface area contributed by atoms with E-state index in [1.165, 1.54) is 45.1 Å². The van der Waals surface area contributed by atoms with Gasteiger partial charge in [-0.05, 0) is 53.2 Å². The van der Waals surface area contributed by atoms with Crippen molar-refractivity contribution >= 4 is 0 Å². The molecule has 1 saturated carbocycles. The van der Waals surface area contributed by atoms with Crippen LogP contribution in [0.15, 0.2) is 0 Å². The standard InChI is InChI=1S/C12H26N2/c1-11(13-2)7-6-10-14(3)12-8-4-5-9-12/h11-13H,4-10H2,1-3H3. The minimum absolute atomic E-state index is 0.673. The normalized spacial score (nSPS) is 20.6. The summed E-state index contributed by atoms with van der Waals surface area (Å²) in [5, 5.41) is 3.29. The highest BCUT2D eigenvalue weighted by Crippen LogP contribution is 2.22. The van der Waals surface area contributed by atoms with Gasteiger partial charge in [-0.2, -0.15) is 0 Å². The third-order valence-electron chi connectivity index (χ3n) is 3.59. The lowest BCUT2D eigenvalue weighted by Gasteiger charge is -2.24. The smallest absolute Gasteiger partial charge is 0.00922 e. The maximum atomic E-state index is 3.29. The van der Waals surface area contributed by atoms with Gasteiger partial charge < -0.3 is 10.2 Å². The van der Waals surface area contributed by atoms with Crippen LogP contribution in [0.1, 0.15) is 45.4 Å². The van der Waals surface area contributed by atoms with Crippen molar-refractivity contribution in [2.75, 3.05) is 20.6 Å². The Morgan fingerprint density at radius 3 is 2.57 bits per heavy atom. The van der Waals surface area contributed by atoms with E-state index in [0.717, 1.165) is 6.04 Å². The summed E-state index contributed by atoms with van der Waals surface area (Å²) in [6.07, 6.45) is 8.38. The van der Waals surface area contributed by atoms with Gasteiger partial charge in [0.25, 0.3) is 0 Å². The Balaban J connectivity index is 2.05. The molecule has 0 aromatic heterocycles. The molecule has 0 saturated heterocycles. The van der Waals surface area contributed by atoms with Gasteiger partial charge in [0.2, 0.25) is 0 Å². The number of rotatable bonds is 6. The Morgan fingerprint density at radius 1 is 1.36 bits per heavy atom. The summed E-state index contributed by atoms with van der Waals surface area (Å²) in [4.78, 5) is 2.56. The fourth-order valence-electron chi connectivity index (χ4n) is 2.32. The van der Waals surface area contributed by atoms with E-state index in [-0.39, 0.29) is 0 Å². The van der Waals surface area contributed by atoms with Crippen LogP contribution in [0, 0.1) is 0 Å². The van der Waals surface area contributed by atoms with Crippen molar-refractivity contribution in [3.05, 3.63) is 0 Å². The summed E-state index contributed by atoms with van der Waals surface area (Å²) in [5.41, 5.74) is 0. The number of hydrogen-bond acceptors (Lipinski definition) is 2. The van der Waals surface area contributed by atoms with Crippen molar-refractivity contribution in [1.29, 1.82) is 0 Å². The Bertz CT molecular complexity index is 141. The molecule has 1 fully saturated rings. The van der Waals surface area contributed by atoms with Crippen molar-refractivity contribution in [3.8, 4) is 0 Å². The molecule has 0 amide bonds. The molecule has 0 heterocycles. The van der Waals surface area contributed by atoms with Gasteiger partial charge in [0.1, 0.15) is 0 Å². The van der Waals surface area contributed by atoms with Crippen LogP contribution in [0.3, 0.4) is 0 Å². The molecular weight excluding hydrogens is 172 g/mol. The predicted octanol–water partition coefficient (Wildman–Crippen LogP) is 2.25. The van der Waals surface area contributed by atoms with Crippen molar-refractivity contribution < 1.29 is 0 Å². The molecule has 1 atom stereocenters. The molecule has 84 valence electrons. The maximum Gasteiger partial charge on any atom is 0.00922 e. The lowest BCUT2D eigenvalue weighted by atomic mass is 10.1. The molecule has 0 aliphatic heterocycles. The van der Waals surface area contributed by atoms with E-state index >= 15 is 0 Å². The molecule has 0 radical (unpaired) electrons. The maximum absolute atomic E-state index is 3.29. The molecule has 0 aromatic rings. The molecule has 14 heavy (non-hydrogen) atoms. The van der Waals surface area contributed by atoms with E-state index in [4.69, 9.17) is 0 Å².